The van der Waals surface area contributed by atoms with E-state index in [1.807, 2.05) is 13.8 Å². The van der Waals surface area contributed by atoms with Gasteiger partial charge in [-0.3, -0.25) is 4.79 Å². The van der Waals surface area contributed by atoms with E-state index in [2.05, 4.69) is 27.7 Å². The molecule has 0 amide bonds. The number of hydrogen-bond acceptors (Lipinski definition) is 2. The molecule has 2 fully saturated rings. The molecule has 0 aromatic rings. The molecule has 0 aliphatic heterocycles. The van der Waals surface area contributed by atoms with Crippen molar-refractivity contribution >= 4 is 5.97 Å². The highest BCUT2D eigenvalue weighted by atomic mass is 16.6. The second-order valence-corrected chi connectivity index (χ2v) is 9.01. The van der Waals surface area contributed by atoms with Crippen LogP contribution in [0.4, 0.5) is 0 Å². The smallest absolute Gasteiger partial charge is 0.312 e. The van der Waals surface area contributed by atoms with E-state index < -0.39 is 0 Å². The molecule has 0 spiro atoms. The topological polar surface area (TPSA) is 26.3 Å². The normalized spacial score (nSPS) is 33.5. The van der Waals surface area contributed by atoms with Crippen LogP contribution >= 0.6 is 0 Å². The Morgan fingerprint density at radius 1 is 1.20 bits per heavy atom. The quantitative estimate of drug-likeness (QED) is 0.680. The van der Waals surface area contributed by atoms with Crippen molar-refractivity contribution in [2.75, 3.05) is 0 Å². The maximum Gasteiger partial charge on any atom is 0.312 e. The van der Waals surface area contributed by atoms with Crippen LogP contribution < -0.4 is 0 Å². The Morgan fingerprint density at radius 2 is 1.85 bits per heavy atom. The summed E-state index contributed by atoms with van der Waals surface area (Å²) < 4.78 is 6.15. The van der Waals surface area contributed by atoms with E-state index in [0.29, 0.717) is 5.92 Å². The van der Waals surface area contributed by atoms with Gasteiger partial charge in [-0.1, -0.05) is 27.7 Å². The van der Waals surface area contributed by atoms with Crippen LogP contribution in [-0.2, 0) is 9.53 Å². The fraction of sp³-hybridized carbons (Fsp3) is 0.944. The molecule has 2 nitrogen and oxygen atoms in total. The molecule has 2 aliphatic carbocycles. The molecule has 2 rings (SSSR count). The highest BCUT2D eigenvalue weighted by molar-refractivity contribution is 5.76. The van der Waals surface area contributed by atoms with E-state index in [0.717, 1.165) is 25.2 Å². The number of hydrogen-bond donors (Lipinski definition) is 0. The summed E-state index contributed by atoms with van der Waals surface area (Å²) in [6.07, 6.45) is 6.82. The predicted molar refractivity (Wildman–Crippen MR) is 82.4 cm³/mol. The zero-order valence-electron chi connectivity index (χ0n) is 14.2. The van der Waals surface area contributed by atoms with Gasteiger partial charge in [-0.2, -0.15) is 0 Å². The Labute approximate surface area is 124 Å². The summed E-state index contributed by atoms with van der Waals surface area (Å²) in [4.78, 5) is 12.7. The summed E-state index contributed by atoms with van der Waals surface area (Å²) in [5, 5.41) is 0. The minimum Gasteiger partial charge on any atom is -0.458 e. The number of ether oxygens (including phenoxy) is 1. The zero-order chi connectivity index (χ0) is 15.2. The standard InChI is InChI=1S/C18H32O2/c1-7-18(11-13-8-9-14(18)10-13)20-15(19)17(5,6)12-16(2,3)4/h13-14H,7-12H2,1-6H3. The van der Waals surface area contributed by atoms with Crippen LogP contribution in [0.1, 0.15) is 80.1 Å². The van der Waals surface area contributed by atoms with Gasteiger partial charge in [0.2, 0.25) is 0 Å². The Hall–Kier alpha value is -0.530. The van der Waals surface area contributed by atoms with Gasteiger partial charge < -0.3 is 4.74 Å². The van der Waals surface area contributed by atoms with Crippen LogP contribution in [0, 0.1) is 22.7 Å². The average molecular weight is 280 g/mol. The SMILES string of the molecule is CCC1(OC(=O)C(C)(C)CC(C)(C)C)CC2CCC1C2. The van der Waals surface area contributed by atoms with E-state index in [4.69, 9.17) is 4.74 Å². The molecule has 116 valence electrons. The van der Waals surface area contributed by atoms with Crippen molar-refractivity contribution in [3.8, 4) is 0 Å². The Balaban J connectivity index is 2.06. The van der Waals surface area contributed by atoms with Crippen LogP contribution in [0.25, 0.3) is 0 Å². The van der Waals surface area contributed by atoms with Gasteiger partial charge >= 0.3 is 5.97 Å². The van der Waals surface area contributed by atoms with E-state index in [1.54, 1.807) is 0 Å². The Bertz CT molecular complexity index is 377. The van der Waals surface area contributed by atoms with Gasteiger partial charge in [-0.15, -0.1) is 0 Å². The molecule has 2 heteroatoms. The van der Waals surface area contributed by atoms with E-state index in [-0.39, 0.29) is 22.4 Å². The summed E-state index contributed by atoms with van der Waals surface area (Å²) in [7, 11) is 0. The first-order valence-corrected chi connectivity index (χ1v) is 8.31. The van der Waals surface area contributed by atoms with Gasteiger partial charge in [0, 0.05) is 0 Å². The molecule has 0 N–H and O–H groups in total. The summed E-state index contributed by atoms with van der Waals surface area (Å²) in [6.45, 7) is 12.8. The number of fused-ring (bicyclic) bond motifs is 2. The zero-order valence-corrected chi connectivity index (χ0v) is 14.2. The van der Waals surface area contributed by atoms with Gasteiger partial charge in [0.25, 0.3) is 0 Å². The molecule has 0 heterocycles. The minimum atomic E-state index is -0.387. The number of carbonyl (C=O) groups excluding carboxylic acids is 1. The maximum absolute atomic E-state index is 12.7. The molecule has 0 radical (unpaired) electrons. The molecular formula is C18H32O2. The number of carbonyl (C=O) groups is 1. The van der Waals surface area contributed by atoms with Crippen molar-refractivity contribution in [2.45, 2.75) is 85.7 Å². The monoisotopic (exact) mass is 280 g/mol. The summed E-state index contributed by atoms with van der Waals surface area (Å²) in [5.41, 5.74) is -0.381. The second kappa shape index (κ2) is 5.03. The third kappa shape index (κ3) is 3.04. The lowest BCUT2D eigenvalue weighted by Crippen LogP contribution is -2.44. The van der Waals surface area contributed by atoms with Crippen LogP contribution in [0.3, 0.4) is 0 Å². The third-order valence-electron chi connectivity index (χ3n) is 5.34. The summed E-state index contributed by atoms with van der Waals surface area (Å²) in [5.74, 6) is 1.44. The van der Waals surface area contributed by atoms with Gasteiger partial charge in [0.1, 0.15) is 5.60 Å². The van der Waals surface area contributed by atoms with E-state index in [1.165, 1.54) is 19.3 Å². The van der Waals surface area contributed by atoms with Crippen LogP contribution in [0.15, 0.2) is 0 Å². The fourth-order valence-corrected chi connectivity index (χ4v) is 4.74. The molecule has 0 saturated heterocycles. The van der Waals surface area contributed by atoms with Crippen LogP contribution in [0.2, 0.25) is 0 Å². The predicted octanol–water partition coefficient (Wildman–Crippen LogP) is 4.96. The maximum atomic E-state index is 12.7. The third-order valence-corrected chi connectivity index (χ3v) is 5.34. The summed E-state index contributed by atoms with van der Waals surface area (Å²) >= 11 is 0. The van der Waals surface area contributed by atoms with Crippen molar-refractivity contribution in [3.63, 3.8) is 0 Å². The van der Waals surface area contributed by atoms with Crippen molar-refractivity contribution in [3.05, 3.63) is 0 Å². The molecule has 2 bridgehead atoms. The molecule has 3 unspecified atom stereocenters. The van der Waals surface area contributed by atoms with Crippen molar-refractivity contribution in [2.24, 2.45) is 22.7 Å². The fourth-order valence-electron chi connectivity index (χ4n) is 4.74. The first kappa shape index (κ1) is 15.9. The van der Waals surface area contributed by atoms with E-state index in [9.17, 15) is 4.79 Å². The van der Waals surface area contributed by atoms with Crippen molar-refractivity contribution in [1.82, 2.24) is 0 Å². The Morgan fingerprint density at radius 3 is 2.25 bits per heavy atom. The lowest BCUT2D eigenvalue weighted by molar-refractivity contribution is -0.179. The molecule has 2 aliphatic rings. The number of rotatable bonds is 4. The molecule has 0 aromatic carbocycles. The van der Waals surface area contributed by atoms with Crippen molar-refractivity contribution < 1.29 is 9.53 Å². The first-order valence-electron chi connectivity index (χ1n) is 8.31. The van der Waals surface area contributed by atoms with Gasteiger partial charge in [-0.05, 0) is 69.6 Å². The average Bonchev–Trinajstić information content (AvgIpc) is 2.86. The van der Waals surface area contributed by atoms with Gasteiger partial charge in [-0.25, -0.2) is 0 Å². The van der Waals surface area contributed by atoms with Crippen LogP contribution in [-0.4, -0.2) is 11.6 Å². The summed E-state index contributed by atoms with van der Waals surface area (Å²) in [6, 6.07) is 0. The minimum absolute atomic E-state index is 0.0156. The largest absolute Gasteiger partial charge is 0.458 e. The highest BCUT2D eigenvalue weighted by Gasteiger charge is 2.53. The second-order valence-electron chi connectivity index (χ2n) is 9.01. The first-order chi connectivity index (χ1) is 9.08. The van der Waals surface area contributed by atoms with Crippen molar-refractivity contribution in [1.29, 1.82) is 0 Å². The van der Waals surface area contributed by atoms with Crippen LogP contribution in [0.5, 0.6) is 0 Å². The lowest BCUT2D eigenvalue weighted by atomic mass is 9.75. The lowest BCUT2D eigenvalue weighted by Gasteiger charge is -2.40. The molecule has 20 heavy (non-hydrogen) atoms. The Kier molecular flexibility index (Phi) is 3.99. The van der Waals surface area contributed by atoms with Gasteiger partial charge in [0.05, 0.1) is 5.41 Å². The molecule has 0 aromatic heterocycles. The molecule has 2 saturated carbocycles. The van der Waals surface area contributed by atoms with E-state index >= 15 is 0 Å². The van der Waals surface area contributed by atoms with Gasteiger partial charge in [0.15, 0.2) is 0 Å². The molecular weight excluding hydrogens is 248 g/mol. The molecule has 3 atom stereocenters. The number of esters is 1. The highest BCUT2D eigenvalue weighted by Crippen LogP contribution is 2.54.